The van der Waals surface area contributed by atoms with E-state index in [2.05, 4.69) is 0 Å². The lowest BCUT2D eigenvalue weighted by Crippen LogP contribution is -2.56. The highest BCUT2D eigenvalue weighted by molar-refractivity contribution is 6.00. The molecule has 0 aliphatic carbocycles. The molecule has 0 amide bonds. The van der Waals surface area contributed by atoms with Gasteiger partial charge in [-0.1, -0.05) is 27.7 Å². The quantitative estimate of drug-likeness (QED) is 0.530. The third-order valence-corrected chi connectivity index (χ3v) is 7.38. The Morgan fingerprint density at radius 3 is 2.30 bits per heavy atom. The number of ketones is 1. The van der Waals surface area contributed by atoms with E-state index < -0.39 is 59.3 Å². The van der Waals surface area contributed by atoms with Gasteiger partial charge >= 0.3 is 12.1 Å². The summed E-state index contributed by atoms with van der Waals surface area (Å²) in [6.07, 6.45) is -2.67. The van der Waals surface area contributed by atoms with Crippen LogP contribution in [0.15, 0.2) is 0 Å². The lowest BCUT2D eigenvalue weighted by atomic mass is 9.76. The van der Waals surface area contributed by atoms with E-state index in [-0.39, 0.29) is 17.9 Å². The molecule has 1 N–H and O–H groups in total. The maximum Gasteiger partial charge on any atom is 0.509 e. The number of cyclic esters (lactones) is 3. The summed E-state index contributed by atoms with van der Waals surface area (Å²) in [4.78, 5) is 37.9. The van der Waals surface area contributed by atoms with Gasteiger partial charge in [0, 0.05) is 11.8 Å². The van der Waals surface area contributed by atoms with Crippen LogP contribution < -0.4 is 0 Å². The van der Waals surface area contributed by atoms with E-state index in [4.69, 9.17) is 18.9 Å². The van der Waals surface area contributed by atoms with Crippen LogP contribution in [0.3, 0.4) is 0 Å². The summed E-state index contributed by atoms with van der Waals surface area (Å²) in [7, 11) is 0. The molecule has 0 aromatic heterocycles. The smallest absolute Gasteiger partial charge is 0.457 e. The van der Waals surface area contributed by atoms with Crippen molar-refractivity contribution in [3.8, 4) is 0 Å². The molecular formula is C22H34O8. The number of hydrogen-bond donors (Lipinski definition) is 1. The summed E-state index contributed by atoms with van der Waals surface area (Å²) in [6.45, 7) is 12.4. The normalized spacial score (nSPS) is 49.8. The number of carbonyl (C=O) groups excluding carboxylic acids is 3. The average Bonchev–Trinajstić information content (AvgIpc) is 3.17. The van der Waals surface area contributed by atoms with Crippen LogP contribution in [0.1, 0.15) is 61.3 Å². The maximum absolute atomic E-state index is 13.0. The van der Waals surface area contributed by atoms with Crippen molar-refractivity contribution in [3.63, 3.8) is 0 Å². The minimum absolute atomic E-state index is 0.0294. The zero-order chi connectivity index (χ0) is 22.6. The molecule has 0 aromatic carbocycles. The van der Waals surface area contributed by atoms with E-state index in [9.17, 15) is 19.5 Å². The molecule has 2 bridgehead atoms. The number of fused-ring (bicyclic) bond motifs is 2. The number of aliphatic hydroxyl groups is 1. The predicted molar refractivity (Wildman–Crippen MR) is 105 cm³/mol. The molecule has 3 aliphatic heterocycles. The fraction of sp³-hybridized carbons (Fsp3) is 0.864. The van der Waals surface area contributed by atoms with Gasteiger partial charge in [0.15, 0.2) is 11.4 Å². The van der Waals surface area contributed by atoms with Gasteiger partial charge in [-0.25, -0.2) is 4.79 Å². The highest BCUT2D eigenvalue weighted by atomic mass is 16.8. The van der Waals surface area contributed by atoms with E-state index in [1.54, 1.807) is 20.8 Å². The largest absolute Gasteiger partial charge is 0.509 e. The first-order chi connectivity index (χ1) is 13.9. The van der Waals surface area contributed by atoms with Crippen molar-refractivity contribution < 1.29 is 38.4 Å². The molecule has 8 heteroatoms. The number of Topliss-reactive ketones (excluding diaryl/α,β-unsaturated/α-hetero) is 1. The van der Waals surface area contributed by atoms with E-state index >= 15 is 0 Å². The summed E-state index contributed by atoms with van der Waals surface area (Å²) < 4.78 is 23.1. The Labute approximate surface area is 177 Å². The summed E-state index contributed by atoms with van der Waals surface area (Å²) >= 11 is 0. The zero-order valence-corrected chi connectivity index (χ0v) is 18.8. The lowest BCUT2D eigenvalue weighted by molar-refractivity contribution is -0.186. The Bertz CT molecular complexity index is 722. The zero-order valence-electron chi connectivity index (χ0n) is 18.8. The fourth-order valence-electron chi connectivity index (χ4n) is 5.62. The van der Waals surface area contributed by atoms with E-state index in [0.717, 1.165) is 0 Å². The number of rotatable bonds is 2. The third-order valence-electron chi connectivity index (χ3n) is 7.38. The van der Waals surface area contributed by atoms with Crippen LogP contribution in [-0.4, -0.2) is 58.6 Å². The van der Waals surface area contributed by atoms with Gasteiger partial charge in [-0.3, -0.25) is 9.59 Å². The summed E-state index contributed by atoms with van der Waals surface area (Å²) in [5.74, 6) is -3.31. The Hall–Kier alpha value is -1.67. The van der Waals surface area contributed by atoms with Gasteiger partial charge in [-0.15, -0.1) is 0 Å². The number of esters is 1. The molecule has 3 rings (SSSR count). The molecule has 3 fully saturated rings. The van der Waals surface area contributed by atoms with Crippen molar-refractivity contribution in [2.45, 2.75) is 96.9 Å². The Kier molecular flexibility index (Phi) is 5.97. The summed E-state index contributed by atoms with van der Waals surface area (Å²) in [5.41, 5.74) is -2.15. The first-order valence-corrected chi connectivity index (χ1v) is 10.9. The number of ether oxygens (including phenoxy) is 4. The third kappa shape index (κ3) is 3.51. The van der Waals surface area contributed by atoms with Gasteiger partial charge in [0.05, 0.1) is 17.8 Å². The topological polar surface area (TPSA) is 108 Å². The van der Waals surface area contributed by atoms with Crippen molar-refractivity contribution >= 4 is 17.9 Å². The standard InChI is InChI=1S/C22H34O8/c1-8-14-22(7,30-20(26)27-14)18-13(5)16-10(2)9-21(6,29-16)17(24)11(3)15(23)12(4)19(25)28-18/h10-14,16-18,24H,8-9H2,1-7H3/t10?,11-,12+,13-,14+,16?,17+,18+,21+,22+/m0/s1. The van der Waals surface area contributed by atoms with Crippen LogP contribution in [0.2, 0.25) is 0 Å². The van der Waals surface area contributed by atoms with Crippen LogP contribution in [-0.2, 0) is 28.5 Å². The van der Waals surface area contributed by atoms with Crippen LogP contribution in [0.5, 0.6) is 0 Å². The molecule has 0 aromatic rings. The second kappa shape index (κ2) is 7.79. The molecule has 8 nitrogen and oxygen atoms in total. The monoisotopic (exact) mass is 426 g/mol. The van der Waals surface area contributed by atoms with Crippen LogP contribution in [0.25, 0.3) is 0 Å². The second-order valence-electron chi connectivity index (χ2n) is 9.70. The Balaban J connectivity index is 2.07. The van der Waals surface area contributed by atoms with Crippen LogP contribution >= 0.6 is 0 Å². The SMILES string of the molecule is CC[C@H]1OC(=O)O[C@@]1(C)[C@@H]1OC(=O)[C@H](C)C(=O)[C@H](C)[C@@H](O)[C@@]2(C)CC(C)C(O2)[C@@H]1C. The van der Waals surface area contributed by atoms with Crippen LogP contribution in [0, 0.1) is 23.7 Å². The van der Waals surface area contributed by atoms with E-state index in [1.807, 2.05) is 20.8 Å². The van der Waals surface area contributed by atoms with Gasteiger partial charge in [-0.05, 0) is 39.5 Å². The molecule has 3 heterocycles. The molecular weight excluding hydrogens is 392 g/mol. The fourth-order valence-corrected chi connectivity index (χ4v) is 5.62. The molecule has 3 saturated heterocycles. The molecule has 0 radical (unpaired) electrons. The van der Waals surface area contributed by atoms with Gasteiger partial charge in [0.1, 0.15) is 18.1 Å². The van der Waals surface area contributed by atoms with Gasteiger partial charge < -0.3 is 24.1 Å². The van der Waals surface area contributed by atoms with Crippen molar-refractivity contribution in [1.82, 2.24) is 0 Å². The van der Waals surface area contributed by atoms with Gasteiger partial charge in [0.2, 0.25) is 0 Å². The van der Waals surface area contributed by atoms with Crippen molar-refractivity contribution in [1.29, 1.82) is 0 Å². The highest BCUT2D eigenvalue weighted by Gasteiger charge is 2.60. The lowest BCUT2D eigenvalue weighted by Gasteiger charge is -2.40. The van der Waals surface area contributed by atoms with Crippen molar-refractivity contribution in [2.75, 3.05) is 0 Å². The summed E-state index contributed by atoms with van der Waals surface area (Å²) in [6, 6.07) is 0. The Morgan fingerprint density at radius 1 is 1.07 bits per heavy atom. The van der Waals surface area contributed by atoms with Crippen molar-refractivity contribution in [2.24, 2.45) is 23.7 Å². The predicted octanol–water partition coefficient (Wildman–Crippen LogP) is 2.64. The van der Waals surface area contributed by atoms with E-state index in [0.29, 0.717) is 12.8 Å². The Morgan fingerprint density at radius 2 is 1.70 bits per heavy atom. The van der Waals surface area contributed by atoms with Crippen LogP contribution in [0.4, 0.5) is 4.79 Å². The molecule has 30 heavy (non-hydrogen) atoms. The minimum Gasteiger partial charge on any atom is -0.457 e. The van der Waals surface area contributed by atoms with E-state index in [1.165, 1.54) is 6.92 Å². The molecule has 3 aliphatic rings. The molecule has 10 atom stereocenters. The molecule has 0 saturated carbocycles. The molecule has 2 unspecified atom stereocenters. The minimum atomic E-state index is -1.22. The first kappa shape index (κ1) is 23.0. The maximum atomic E-state index is 13.0. The summed E-state index contributed by atoms with van der Waals surface area (Å²) in [5, 5.41) is 11.0. The highest BCUT2D eigenvalue weighted by Crippen LogP contribution is 2.47. The first-order valence-electron chi connectivity index (χ1n) is 10.9. The van der Waals surface area contributed by atoms with Gasteiger partial charge in [0.25, 0.3) is 0 Å². The average molecular weight is 427 g/mol. The molecule has 0 spiro atoms. The van der Waals surface area contributed by atoms with Crippen molar-refractivity contribution in [3.05, 3.63) is 0 Å². The van der Waals surface area contributed by atoms with Gasteiger partial charge in [-0.2, -0.15) is 0 Å². The molecule has 170 valence electrons. The second-order valence-corrected chi connectivity index (χ2v) is 9.70. The number of aliphatic hydroxyl groups excluding tert-OH is 1. The number of carbonyl (C=O) groups is 3. The number of hydrogen-bond acceptors (Lipinski definition) is 8.